The van der Waals surface area contributed by atoms with Crippen LogP contribution >= 0.6 is 0 Å². The van der Waals surface area contributed by atoms with Crippen LogP contribution in [0.5, 0.6) is 5.88 Å². The average molecular weight is 238 g/mol. The number of rotatable bonds is 4. The number of hydrogen-bond acceptors (Lipinski definition) is 4. The van der Waals surface area contributed by atoms with Crippen molar-refractivity contribution in [3.8, 4) is 5.88 Å². The summed E-state index contributed by atoms with van der Waals surface area (Å²) in [5.74, 6) is 0.416. The highest BCUT2D eigenvalue weighted by Crippen LogP contribution is 2.35. The summed E-state index contributed by atoms with van der Waals surface area (Å²) in [6.45, 7) is 2.64. The van der Waals surface area contributed by atoms with Crippen LogP contribution in [0.2, 0.25) is 0 Å². The Hall–Kier alpha value is -1.36. The summed E-state index contributed by atoms with van der Waals surface area (Å²) in [6.07, 6.45) is 4.15. The smallest absolute Gasteiger partial charge is 0.258 e. The molecule has 17 heavy (non-hydrogen) atoms. The minimum atomic E-state index is -0.223. The molecule has 0 unspecified atom stereocenters. The van der Waals surface area contributed by atoms with Gasteiger partial charge in [0, 0.05) is 6.61 Å². The lowest BCUT2D eigenvalue weighted by Gasteiger charge is -2.10. The summed E-state index contributed by atoms with van der Waals surface area (Å²) in [5, 5.41) is 9.85. The van der Waals surface area contributed by atoms with E-state index < -0.39 is 0 Å². The van der Waals surface area contributed by atoms with Crippen LogP contribution in [0, 0.1) is 0 Å². The molecular weight excluding hydrogens is 220 g/mol. The van der Waals surface area contributed by atoms with E-state index in [0.717, 1.165) is 25.7 Å². The maximum Gasteiger partial charge on any atom is 0.258 e. The van der Waals surface area contributed by atoms with Crippen LogP contribution in [0.15, 0.2) is 4.79 Å². The number of H-pyrrole nitrogens is 1. The molecule has 1 aromatic heterocycles. The molecule has 0 bridgehead atoms. The van der Waals surface area contributed by atoms with Gasteiger partial charge in [-0.15, -0.1) is 0 Å². The lowest BCUT2D eigenvalue weighted by molar-refractivity contribution is 0.127. The SMILES string of the molecule is CCOCc1nc(O)c(C2CCCC2)c(=O)[nH]1. The van der Waals surface area contributed by atoms with E-state index in [1.54, 1.807) is 0 Å². The van der Waals surface area contributed by atoms with Gasteiger partial charge < -0.3 is 14.8 Å². The lowest BCUT2D eigenvalue weighted by Crippen LogP contribution is -2.19. The van der Waals surface area contributed by atoms with Gasteiger partial charge in [-0.3, -0.25) is 4.79 Å². The summed E-state index contributed by atoms with van der Waals surface area (Å²) in [6, 6.07) is 0. The predicted molar refractivity (Wildman–Crippen MR) is 63.1 cm³/mol. The van der Waals surface area contributed by atoms with Gasteiger partial charge in [-0.05, 0) is 25.7 Å². The van der Waals surface area contributed by atoms with E-state index in [1.807, 2.05) is 6.92 Å². The standard InChI is InChI=1S/C12H18N2O3/c1-2-17-7-9-13-11(15)10(12(16)14-9)8-5-3-4-6-8/h8H,2-7H2,1H3,(H2,13,14,15,16). The molecule has 94 valence electrons. The number of hydrogen-bond donors (Lipinski definition) is 2. The van der Waals surface area contributed by atoms with Gasteiger partial charge in [0.15, 0.2) is 0 Å². The van der Waals surface area contributed by atoms with Gasteiger partial charge in [0.05, 0.1) is 5.56 Å². The van der Waals surface area contributed by atoms with Crippen LogP contribution in [0.1, 0.15) is 49.9 Å². The van der Waals surface area contributed by atoms with Crippen molar-refractivity contribution in [2.24, 2.45) is 0 Å². The number of aromatic amines is 1. The first-order valence-corrected chi connectivity index (χ1v) is 6.12. The van der Waals surface area contributed by atoms with Crippen LogP contribution in [0.25, 0.3) is 0 Å². The zero-order valence-electron chi connectivity index (χ0n) is 10.0. The van der Waals surface area contributed by atoms with E-state index in [0.29, 0.717) is 18.0 Å². The highest BCUT2D eigenvalue weighted by molar-refractivity contribution is 5.27. The van der Waals surface area contributed by atoms with Gasteiger partial charge in [0.2, 0.25) is 5.88 Å². The van der Waals surface area contributed by atoms with E-state index in [2.05, 4.69) is 9.97 Å². The van der Waals surface area contributed by atoms with Gasteiger partial charge in [0.25, 0.3) is 5.56 Å². The van der Waals surface area contributed by atoms with Gasteiger partial charge in [-0.25, -0.2) is 0 Å². The Morgan fingerprint density at radius 2 is 2.18 bits per heavy atom. The fourth-order valence-electron chi connectivity index (χ4n) is 2.37. The molecule has 1 fully saturated rings. The summed E-state index contributed by atoms with van der Waals surface area (Å²) in [7, 11) is 0. The third-order valence-electron chi connectivity index (χ3n) is 3.19. The molecule has 1 saturated carbocycles. The molecule has 0 radical (unpaired) electrons. The Morgan fingerprint density at radius 1 is 1.47 bits per heavy atom. The average Bonchev–Trinajstić information content (AvgIpc) is 2.79. The first kappa shape index (κ1) is 12.1. The molecule has 0 atom stereocenters. The number of aromatic nitrogens is 2. The van der Waals surface area contributed by atoms with Crippen molar-refractivity contribution < 1.29 is 9.84 Å². The molecule has 0 spiro atoms. The predicted octanol–water partition coefficient (Wildman–Crippen LogP) is 1.67. The highest BCUT2D eigenvalue weighted by atomic mass is 16.5. The summed E-state index contributed by atoms with van der Waals surface area (Å²) in [5.41, 5.74) is 0.224. The monoisotopic (exact) mass is 238 g/mol. The molecule has 0 aromatic carbocycles. The second-order valence-corrected chi connectivity index (χ2v) is 4.37. The van der Waals surface area contributed by atoms with Crippen LogP contribution in [-0.4, -0.2) is 21.7 Å². The molecule has 5 nitrogen and oxygen atoms in total. The van der Waals surface area contributed by atoms with E-state index in [4.69, 9.17) is 4.74 Å². The normalized spacial score (nSPS) is 16.5. The molecule has 0 saturated heterocycles. The lowest BCUT2D eigenvalue weighted by atomic mass is 10.00. The first-order chi connectivity index (χ1) is 8.22. The van der Waals surface area contributed by atoms with Gasteiger partial charge in [-0.1, -0.05) is 12.8 Å². The summed E-state index contributed by atoms with van der Waals surface area (Å²) < 4.78 is 5.15. The first-order valence-electron chi connectivity index (χ1n) is 6.12. The highest BCUT2D eigenvalue weighted by Gasteiger charge is 2.24. The fourth-order valence-corrected chi connectivity index (χ4v) is 2.37. The Kier molecular flexibility index (Phi) is 3.78. The van der Waals surface area contributed by atoms with E-state index >= 15 is 0 Å². The molecular formula is C12H18N2O3. The molecule has 1 aromatic rings. The summed E-state index contributed by atoms with van der Waals surface area (Å²) in [4.78, 5) is 18.6. The van der Waals surface area contributed by atoms with Crippen molar-refractivity contribution in [1.82, 2.24) is 9.97 Å². The Morgan fingerprint density at radius 3 is 2.76 bits per heavy atom. The number of nitrogens with one attached hydrogen (secondary N) is 1. The second-order valence-electron chi connectivity index (χ2n) is 4.37. The molecule has 2 rings (SSSR count). The third kappa shape index (κ3) is 2.66. The minimum absolute atomic E-state index is 0.129. The number of nitrogens with zero attached hydrogens (tertiary/aromatic N) is 1. The van der Waals surface area contributed by atoms with Crippen molar-refractivity contribution in [2.45, 2.75) is 45.1 Å². The zero-order valence-corrected chi connectivity index (χ0v) is 10.0. The van der Waals surface area contributed by atoms with E-state index in [1.165, 1.54) is 0 Å². The Labute approximate surface area is 99.9 Å². The molecule has 0 aliphatic heterocycles. The van der Waals surface area contributed by atoms with Gasteiger partial charge in [0.1, 0.15) is 12.4 Å². The Bertz CT molecular complexity index is 436. The largest absolute Gasteiger partial charge is 0.493 e. The van der Waals surface area contributed by atoms with Gasteiger partial charge in [-0.2, -0.15) is 4.98 Å². The Balaban J connectivity index is 2.25. The number of ether oxygens (including phenoxy) is 1. The number of aromatic hydroxyl groups is 1. The zero-order chi connectivity index (χ0) is 12.3. The quantitative estimate of drug-likeness (QED) is 0.836. The van der Waals surface area contributed by atoms with E-state index in [9.17, 15) is 9.90 Å². The third-order valence-corrected chi connectivity index (χ3v) is 3.19. The van der Waals surface area contributed by atoms with Crippen molar-refractivity contribution in [3.05, 3.63) is 21.7 Å². The fraction of sp³-hybridized carbons (Fsp3) is 0.667. The van der Waals surface area contributed by atoms with Crippen LogP contribution in [0.4, 0.5) is 0 Å². The summed E-state index contributed by atoms with van der Waals surface area (Å²) >= 11 is 0. The van der Waals surface area contributed by atoms with Crippen molar-refractivity contribution in [1.29, 1.82) is 0 Å². The second kappa shape index (κ2) is 5.31. The van der Waals surface area contributed by atoms with E-state index in [-0.39, 0.29) is 24.0 Å². The molecule has 1 aliphatic carbocycles. The van der Waals surface area contributed by atoms with Crippen LogP contribution < -0.4 is 5.56 Å². The maximum atomic E-state index is 11.9. The van der Waals surface area contributed by atoms with Crippen molar-refractivity contribution in [2.75, 3.05) is 6.61 Å². The molecule has 5 heteroatoms. The van der Waals surface area contributed by atoms with Crippen molar-refractivity contribution >= 4 is 0 Å². The molecule has 1 heterocycles. The molecule has 0 amide bonds. The van der Waals surface area contributed by atoms with Crippen LogP contribution in [-0.2, 0) is 11.3 Å². The molecule has 2 N–H and O–H groups in total. The minimum Gasteiger partial charge on any atom is -0.493 e. The molecule has 1 aliphatic rings. The van der Waals surface area contributed by atoms with Crippen molar-refractivity contribution in [3.63, 3.8) is 0 Å². The van der Waals surface area contributed by atoms with Crippen LogP contribution in [0.3, 0.4) is 0 Å². The maximum absolute atomic E-state index is 11.9. The van der Waals surface area contributed by atoms with Gasteiger partial charge >= 0.3 is 0 Å². The topological polar surface area (TPSA) is 75.2 Å².